The van der Waals surface area contributed by atoms with Crippen LogP contribution >= 0.6 is 11.8 Å². The molecule has 0 saturated heterocycles. The minimum atomic E-state index is 0.572. The van der Waals surface area contributed by atoms with E-state index in [1.54, 1.807) is 18.1 Å². The number of anilines is 1. The summed E-state index contributed by atoms with van der Waals surface area (Å²) in [5.74, 6) is 2.40. The van der Waals surface area contributed by atoms with Crippen LogP contribution in [-0.2, 0) is 12.3 Å². The average Bonchev–Trinajstić information content (AvgIpc) is 2.73. The van der Waals surface area contributed by atoms with E-state index in [1.807, 2.05) is 22.9 Å². The van der Waals surface area contributed by atoms with Crippen molar-refractivity contribution < 1.29 is 0 Å². The number of hydrogen-bond donors (Lipinski definition) is 1. The fourth-order valence-corrected chi connectivity index (χ4v) is 2.56. The molecule has 0 aliphatic rings. The molecule has 0 fully saturated rings. The van der Waals surface area contributed by atoms with E-state index in [2.05, 4.69) is 30.0 Å². The number of thioether (sulfide) groups is 1. The van der Waals surface area contributed by atoms with E-state index in [0.717, 1.165) is 28.7 Å². The summed E-state index contributed by atoms with van der Waals surface area (Å²) in [5, 5.41) is 4.25. The second-order valence-corrected chi connectivity index (χ2v) is 5.66. The zero-order valence-electron chi connectivity index (χ0n) is 10.7. The van der Waals surface area contributed by atoms with E-state index >= 15 is 0 Å². The zero-order valence-corrected chi connectivity index (χ0v) is 11.5. The van der Waals surface area contributed by atoms with Crippen LogP contribution < -0.4 is 5.73 Å². The third-order valence-corrected chi connectivity index (χ3v) is 3.45. The molecule has 0 atom stereocenters. The second kappa shape index (κ2) is 5.91. The summed E-state index contributed by atoms with van der Waals surface area (Å²) >= 11 is 1.73. The Morgan fingerprint density at radius 3 is 2.94 bits per heavy atom. The maximum absolute atomic E-state index is 5.76. The van der Waals surface area contributed by atoms with Crippen LogP contribution in [0.25, 0.3) is 0 Å². The molecule has 0 unspecified atom stereocenters. The van der Waals surface area contributed by atoms with Crippen molar-refractivity contribution >= 4 is 17.4 Å². The molecule has 0 aliphatic heterocycles. The van der Waals surface area contributed by atoms with Crippen LogP contribution in [0.5, 0.6) is 0 Å². The number of aromatic nitrogens is 3. The van der Waals surface area contributed by atoms with Crippen molar-refractivity contribution in [1.82, 2.24) is 14.8 Å². The minimum Gasteiger partial charge on any atom is -0.399 e. The molecule has 0 spiro atoms. The Morgan fingerprint density at radius 2 is 2.22 bits per heavy atom. The molecule has 1 aromatic heterocycles. The van der Waals surface area contributed by atoms with Crippen LogP contribution in [0.4, 0.5) is 5.69 Å². The first kappa shape index (κ1) is 13.0. The Labute approximate surface area is 112 Å². The van der Waals surface area contributed by atoms with Gasteiger partial charge in [-0.05, 0) is 24.1 Å². The summed E-state index contributed by atoms with van der Waals surface area (Å²) in [5.41, 5.74) is 6.55. The molecular weight excluding hydrogens is 244 g/mol. The fourth-order valence-electron chi connectivity index (χ4n) is 1.65. The molecule has 0 saturated carbocycles. The van der Waals surface area contributed by atoms with E-state index in [0.29, 0.717) is 5.92 Å². The molecule has 1 aromatic carbocycles. The largest absolute Gasteiger partial charge is 0.399 e. The van der Waals surface area contributed by atoms with Gasteiger partial charge in [-0.3, -0.25) is 0 Å². The molecule has 0 amide bonds. The summed E-state index contributed by atoms with van der Waals surface area (Å²) < 4.78 is 1.98. The molecule has 0 bridgehead atoms. The van der Waals surface area contributed by atoms with Crippen molar-refractivity contribution in [3.05, 3.63) is 36.4 Å². The maximum atomic E-state index is 5.76. The topological polar surface area (TPSA) is 56.7 Å². The quantitative estimate of drug-likeness (QED) is 0.665. The Bertz CT molecular complexity index is 507. The molecule has 2 aromatic rings. The first-order chi connectivity index (χ1) is 8.65. The molecule has 0 aliphatic carbocycles. The highest BCUT2D eigenvalue weighted by Gasteiger charge is 2.06. The van der Waals surface area contributed by atoms with Gasteiger partial charge in [0.15, 0.2) is 0 Å². The van der Waals surface area contributed by atoms with Gasteiger partial charge in [0.1, 0.15) is 12.2 Å². The van der Waals surface area contributed by atoms with Gasteiger partial charge in [0, 0.05) is 17.1 Å². The molecule has 5 heteroatoms. The van der Waals surface area contributed by atoms with E-state index in [9.17, 15) is 0 Å². The third kappa shape index (κ3) is 3.50. The smallest absolute Gasteiger partial charge is 0.138 e. The first-order valence-corrected chi connectivity index (χ1v) is 6.98. The monoisotopic (exact) mass is 262 g/mol. The highest BCUT2D eigenvalue weighted by Crippen LogP contribution is 2.23. The maximum Gasteiger partial charge on any atom is 0.138 e. The lowest BCUT2D eigenvalue weighted by atomic mass is 10.2. The van der Waals surface area contributed by atoms with Crippen LogP contribution in [0.2, 0.25) is 0 Å². The highest BCUT2D eigenvalue weighted by atomic mass is 32.2. The van der Waals surface area contributed by atoms with Gasteiger partial charge >= 0.3 is 0 Å². The van der Waals surface area contributed by atoms with Crippen LogP contribution in [0, 0.1) is 5.92 Å². The molecule has 18 heavy (non-hydrogen) atoms. The van der Waals surface area contributed by atoms with Gasteiger partial charge in [-0.25, -0.2) is 9.67 Å². The number of hydrogen-bond acceptors (Lipinski definition) is 4. The zero-order chi connectivity index (χ0) is 13.0. The van der Waals surface area contributed by atoms with E-state index in [1.165, 1.54) is 0 Å². The first-order valence-electron chi connectivity index (χ1n) is 6.00. The Morgan fingerprint density at radius 1 is 1.39 bits per heavy atom. The van der Waals surface area contributed by atoms with Crippen LogP contribution in [0.15, 0.2) is 35.5 Å². The number of nitrogens with two attached hydrogens (primary N) is 1. The Hall–Kier alpha value is -1.49. The number of nitrogen functional groups attached to an aromatic ring is 1. The minimum absolute atomic E-state index is 0.572. The van der Waals surface area contributed by atoms with Gasteiger partial charge in [0.05, 0.1) is 5.75 Å². The Kier molecular flexibility index (Phi) is 4.25. The fraction of sp³-hybridized carbons (Fsp3) is 0.385. The molecule has 2 rings (SSSR count). The standard InChI is InChI=1S/C13H18N4S/c1-10(2)7-17-13(15-9-16-17)8-18-12-5-3-4-11(14)6-12/h3-6,9-10H,7-8,14H2,1-2H3. The van der Waals surface area contributed by atoms with Gasteiger partial charge in [0.25, 0.3) is 0 Å². The van der Waals surface area contributed by atoms with Crippen molar-refractivity contribution in [2.24, 2.45) is 5.92 Å². The van der Waals surface area contributed by atoms with Crippen molar-refractivity contribution in [2.45, 2.75) is 31.0 Å². The Balaban J connectivity index is 2.00. The van der Waals surface area contributed by atoms with Gasteiger partial charge in [-0.15, -0.1) is 11.8 Å². The van der Waals surface area contributed by atoms with Gasteiger partial charge in [0.2, 0.25) is 0 Å². The average molecular weight is 262 g/mol. The summed E-state index contributed by atoms with van der Waals surface area (Å²) in [4.78, 5) is 5.47. The molecule has 1 heterocycles. The van der Waals surface area contributed by atoms with Gasteiger partial charge in [-0.1, -0.05) is 19.9 Å². The highest BCUT2D eigenvalue weighted by molar-refractivity contribution is 7.98. The molecule has 0 radical (unpaired) electrons. The van der Waals surface area contributed by atoms with Crippen molar-refractivity contribution in [1.29, 1.82) is 0 Å². The van der Waals surface area contributed by atoms with Gasteiger partial charge < -0.3 is 5.73 Å². The normalized spacial score (nSPS) is 11.1. The van der Waals surface area contributed by atoms with Crippen LogP contribution in [0.1, 0.15) is 19.7 Å². The summed E-state index contributed by atoms with van der Waals surface area (Å²) in [7, 11) is 0. The van der Waals surface area contributed by atoms with E-state index in [4.69, 9.17) is 5.73 Å². The number of rotatable bonds is 5. The summed E-state index contributed by atoms with van der Waals surface area (Å²) in [6.45, 7) is 5.26. The molecule has 96 valence electrons. The lowest BCUT2D eigenvalue weighted by Gasteiger charge is -2.08. The predicted octanol–water partition coefficient (Wildman–Crippen LogP) is 2.81. The van der Waals surface area contributed by atoms with Gasteiger partial charge in [-0.2, -0.15) is 5.10 Å². The summed E-state index contributed by atoms with van der Waals surface area (Å²) in [6, 6.07) is 7.90. The number of benzene rings is 1. The van der Waals surface area contributed by atoms with E-state index in [-0.39, 0.29) is 0 Å². The van der Waals surface area contributed by atoms with Crippen LogP contribution in [0.3, 0.4) is 0 Å². The third-order valence-electron chi connectivity index (χ3n) is 2.46. The summed E-state index contributed by atoms with van der Waals surface area (Å²) in [6.07, 6.45) is 1.62. The molecule has 2 N–H and O–H groups in total. The van der Waals surface area contributed by atoms with Crippen molar-refractivity contribution in [3.63, 3.8) is 0 Å². The SMILES string of the molecule is CC(C)Cn1ncnc1CSc1cccc(N)c1. The predicted molar refractivity (Wildman–Crippen MR) is 75.3 cm³/mol. The molecular formula is C13H18N4S. The lowest BCUT2D eigenvalue weighted by Crippen LogP contribution is -2.09. The second-order valence-electron chi connectivity index (χ2n) is 4.61. The molecule has 4 nitrogen and oxygen atoms in total. The number of nitrogens with zero attached hydrogens (tertiary/aromatic N) is 3. The van der Waals surface area contributed by atoms with E-state index < -0.39 is 0 Å². The van der Waals surface area contributed by atoms with Crippen LogP contribution in [-0.4, -0.2) is 14.8 Å². The lowest BCUT2D eigenvalue weighted by molar-refractivity contribution is 0.472. The van der Waals surface area contributed by atoms with Crippen molar-refractivity contribution in [2.75, 3.05) is 5.73 Å². The van der Waals surface area contributed by atoms with Crippen molar-refractivity contribution in [3.8, 4) is 0 Å².